The lowest BCUT2D eigenvalue weighted by molar-refractivity contribution is -0.359. The van der Waals surface area contributed by atoms with Crippen LogP contribution in [0, 0.1) is 61.6 Å². The number of ether oxygens (including phenoxy) is 2. The highest BCUT2D eigenvalue weighted by Gasteiger charge is 2.84. The number of methoxy groups -OCH3 is 1. The van der Waals surface area contributed by atoms with Gasteiger partial charge in [0.1, 0.15) is 0 Å². The van der Waals surface area contributed by atoms with Crippen LogP contribution in [0.2, 0.25) is 0 Å². The maximum atomic E-state index is 13.1. The quantitative estimate of drug-likeness (QED) is 0.184. The molecule has 14 atom stereocenters. The predicted molar refractivity (Wildman–Crippen MR) is 217 cm³/mol. The first-order chi connectivity index (χ1) is 26.1. The number of carbonyl (C=O) groups is 1. The zero-order valence-corrected chi connectivity index (χ0v) is 35.7. The summed E-state index contributed by atoms with van der Waals surface area (Å²) in [4.78, 5) is 13.1. The van der Waals surface area contributed by atoms with Crippen molar-refractivity contribution in [2.75, 3.05) is 13.7 Å². The number of aliphatic hydroxyl groups is 2. The number of aliphatic hydroxyl groups excluding tert-OH is 1. The van der Waals surface area contributed by atoms with Gasteiger partial charge in [-0.05, 0) is 159 Å². The molecule has 2 spiro atoms. The van der Waals surface area contributed by atoms with E-state index in [1.807, 2.05) is 0 Å². The number of hydrogen-bond donors (Lipinski definition) is 3. The van der Waals surface area contributed by atoms with Crippen molar-refractivity contribution >= 4 is 5.97 Å². The second-order valence-electron chi connectivity index (χ2n) is 21.8. The maximum Gasteiger partial charge on any atom is 0.309 e. The third-order valence-corrected chi connectivity index (χ3v) is 20.0. The van der Waals surface area contributed by atoms with Crippen LogP contribution < -0.4 is 0 Å². The Morgan fingerprint density at radius 3 is 2.27 bits per heavy atom. The standard InChI is InChI=1S/C49H76O6/c1-8-10-11-13-35-18-20-46-26-27-47-37(12-9-2)49(53,55-39(47)30-34-16-14-33(15-17-34)19-29-54-7)31-36(50)40(47)44(46,5)24-28-48(35)38-32-43(4,41(51)52)22-21-42(38,3)23-25-45(46,48)6/h14-17,35-40,50,53H,8-13,18-32H2,1-7H3,(H,51,52)/t35-,36-,37+,38?,39-,40-,42-,43+,44-,45+,46-,47+,48-,49-/m0/s1. The van der Waals surface area contributed by atoms with Crippen LogP contribution in [-0.4, -0.2) is 53.0 Å². The van der Waals surface area contributed by atoms with E-state index in [4.69, 9.17) is 9.47 Å². The molecule has 8 rings (SSSR count). The lowest BCUT2D eigenvalue weighted by atomic mass is 9.21. The number of aliphatic carboxylic acids is 1. The van der Waals surface area contributed by atoms with E-state index in [0.29, 0.717) is 24.9 Å². The number of hydrogen-bond acceptors (Lipinski definition) is 5. The number of carboxylic acid groups (broad SMARTS) is 1. The molecule has 0 amide bonds. The van der Waals surface area contributed by atoms with Gasteiger partial charge in [-0.3, -0.25) is 4.79 Å². The molecule has 6 nitrogen and oxygen atoms in total. The van der Waals surface area contributed by atoms with Crippen molar-refractivity contribution in [2.45, 2.75) is 188 Å². The molecule has 1 saturated heterocycles. The monoisotopic (exact) mass is 761 g/mol. The highest BCUT2D eigenvalue weighted by molar-refractivity contribution is 5.74. The summed E-state index contributed by atoms with van der Waals surface area (Å²) in [7, 11) is 1.75. The fourth-order valence-electron chi connectivity index (χ4n) is 17.5. The van der Waals surface area contributed by atoms with Crippen molar-refractivity contribution in [1.82, 2.24) is 0 Å². The van der Waals surface area contributed by atoms with Crippen LogP contribution in [0.1, 0.15) is 168 Å². The van der Waals surface area contributed by atoms with Gasteiger partial charge in [-0.15, -0.1) is 0 Å². The van der Waals surface area contributed by atoms with Crippen molar-refractivity contribution in [3.05, 3.63) is 35.4 Å². The normalized spacial score (nSPS) is 49.7. The summed E-state index contributed by atoms with van der Waals surface area (Å²) >= 11 is 0. The van der Waals surface area contributed by atoms with E-state index in [2.05, 4.69) is 65.8 Å². The molecule has 1 heterocycles. The van der Waals surface area contributed by atoms with Crippen LogP contribution >= 0.6 is 0 Å². The first-order valence-electron chi connectivity index (χ1n) is 23.0. The minimum absolute atomic E-state index is 0.00712. The second kappa shape index (κ2) is 13.8. The Labute approximate surface area is 333 Å². The molecule has 0 aromatic heterocycles. The van der Waals surface area contributed by atoms with Crippen LogP contribution in [0.15, 0.2) is 24.3 Å². The number of rotatable bonds is 12. The van der Waals surface area contributed by atoms with E-state index in [-0.39, 0.29) is 50.4 Å². The van der Waals surface area contributed by atoms with Gasteiger partial charge in [0.2, 0.25) is 0 Å². The second-order valence-corrected chi connectivity index (χ2v) is 21.8. The van der Waals surface area contributed by atoms with E-state index < -0.39 is 23.3 Å². The van der Waals surface area contributed by atoms with Gasteiger partial charge in [-0.1, -0.05) is 84.6 Å². The van der Waals surface area contributed by atoms with Crippen molar-refractivity contribution in [2.24, 2.45) is 61.6 Å². The molecule has 3 N–H and O–H groups in total. The summed E-state index contributed by atoms with van der Waals surface area (Å²) < 4.78 is 12.4. The number of unbranched alkanes of at least 4 members (excludes halogenated alkanes) is 2. The zero-order valence-electron chi connectivity index (χ0n) is 35.7. The topological polar surface area (TPSA) is 96.2 Å². The molecule has 1 aromatic carbocycles. The zero-order chi connectivity index (χ0) is 39.3. The van der Waals surface area contributed by atoms with Crippen LogP contribution in [0.3, 0.4) is 0 Å². The van der Waals surface area contributed by atoms with Crippen molar-refractivity contribution < 1.29 is 29.6 Å². The Morgan fingerprint density at radius 1 is 0.855 bits per heavy atom. The Hall–Kier alpha value is -1.47. The molecule has 1 unspecified atom stereocenters. The highest BCUT2D eigenvalue weighted by atomic mass is 16.6. The predicted octanol–water partition coefficient (Wildman–Crippen LogP) is 10.5. The molecule has 308 valence electrons. The van der Waals surface area contributed by atoms with E-state index in [9.17, 15) is 20.1 Å². The van der Waals surface area contributed by atoms with Gasteiger partial charge >= 0.3 is 5.97 Å². The summed E-state index contributed by atoms with van der Waals surface area (Å²) in [6.45, 7) is 15.3. The minimum atomic E-state index is -1.30. The lowest BCUT2D eigenvalue weighted by Gasteiger charge is -2.83. The number of carboxylic acids is 1. The highest BCUT2D eigenvalue weighted by Crippen LogP contribution is 2.88. The van der Waals surface area contributed by atoms with Crippen molar-refractivity contribution in [3.8, 4) is 0 Å². The van der Waals surface area contributed by atoms with Crippen molar-refractivity contribution in [3.63, 3.8) is 0 Å². The Balaban J connectivity index is 1.24. The van der Waals surface area contributed by atoms with Gasteiger partial charge in [0.15, 0.2) is 5.79 Å². The molecular weight excluding hydrogens is 685 g/mol. The Morgan fingerprint density at radius 2 is 1.58 bits per heavy atom. The van der Waals surface area contributed by atoms with Crippen LogP contribution in [-0.2, 0) is 27.1 Å². The van der Waals surface area contributed by atoms with Crippen LogP contribution in [0.4, 0.5) is 0 Å². The number of benzene rings is 1. The SMILES string of the molecule is CCCCC[C@H]1CC[C@]23CC[C@@]45[C@H](Cc6ccc(CCOC)cc6)O[C@@](O)(C[C@H](O)[C@H]4[C@]2(C)CC[C@@]12C1C[C@](C)(C(=O)O)CC[C@@]1(C)CC[C@]32C)[C@@H]5CCC. The molecular formula is C49H76O6. The molecule has 0 radical (unpaired) electrons. The first-order valence-corrected chi connectivity index (χ1v) is 23.0. The lowest BCUT2D eigenvalue weighted by Crippen LogP contribution is -2.78. The fraction of sp³-hybridized carbons (Fsp3) is 0.857. The molecule has 55 heavy (non-hydrogen) atoms. The van der Waals surface area contributed by atoms with Crippen LogP contribution in [0.25, 0.3) is 0 Å². The van der Waals surface area contributed by atoms with Crippen molar-refractivity contribution in [1.29, 1.82) is 0 Å². The Bertz CT molecular complexity index is 1590. The molecule has 7 fully saturated rings. The molecule has 7 aliphatic rings. The molecule has 6 saturated carbocycles. The number of fused-ring (bicyclic) bond motifs is 3. The van der Waals surface area contributed by atoms with E-state index in [0.717, 1.165) is 70.6 Å². The third-order valence-electron chi connectivity index (χ3n) is 20.0. The Kier molecular flexibility index (Phi) is 10.1. The average Bonchev–Trinajstić information content (AvgIpc) is 3.29. The maximum absolute atomic E-state index is 13.1. The van der Waals surface area contributed by atoms with Gasteiger partial charge in [0.05, 0.1) is 24.2 Å². The summed E-state index contributed by atoms with van der Waals surface area (Å²) in [5.74, 6) is -0.808. The van der Waals surface area contributed by atoms with E-state index in [1.165, 1.54) is 62.5 Å². The molecule has 1 aliphatic heterocycles. The average molecular weight is 761 g/mol. The van der Waals surface area contributed by atoms with Gasteiger partial charge < -0.3 is 24.8 Å². The van der Waals surface area contributed by atoms with Gasteiger partial charge in [-0.25, -0.2) is 0 Å². The van der Waals surface area contributed by atoms with Gasteiger partial charge in [0.25, 0.3) is 0 Å². The fourth-order valence-corrected chi connectivity index (χ4v) is 17.5. The van der Waals surface area contributed by atoms with E-state index >= 15 is 0 Å². The molecule has 6 heteroatoms. The largest absolute Gasteiger partial charge is 0.481 e. The molecule has 1 aromatic rings. The summed E-state index contributed by atoms with van der Waals surface area (Å²) in [6.07, 6.45) is 20.0. The third kappa shape index (κ3) is 5.34. The van der Waals surface area contributed by atoms with Crippen LogP contribution in [0.5, 0.6) is 0 Å². The smallest absolute Gasteiger partial charge is 0.309 e. The van der Waals surface area contributed by atoms with E-state index in [1.54, 1.807) is 7.11 Å². The summed E-state index contributed by atoms with van der Waals surface area (Å²) in [5, 5.41) is 36.0. The summed E-state index contributed by atoms with van der Waals surface area (Å²) in [5.41, 5.74) is 1.83. The summed E-state index contributed by atoms with van der Waals surface area (Å²) in [6, 6.07) is 8.97. The van der Waals surface area contributed by atoms with Gasteiger partial charge in [-0.2, -0.15) is 0 Å². The molecule has 4 bridgehead atoms. The minimum Gasteiger partial charge on any atom is -0.481 e. The first kappa shape index (κ1) is 40.3. The van der Waals surface area contributed by atoms with Gasteiger partial charge in [0, 0.05) is 24.9 Å². The molecule has 6 aliphatic carbocycles.